The van der Waals surface area contributed by atoms with Crippen molar-refractivity contribution in [3.05, 3.63) is 71.8 Å². The minimum Gasteiger partial charge on any atom is -0.469 e. The Bertz CT molecular complexity index is 881. The zero-order valence-electron chi connectivity index (χ0n) is 17.3. The van der Waals surface area contributed by atoms with Gasteiger partial charge in [0.2, 0.25) is 0 Å². The largest absolute Gasteiger partial charge is 0.469 e. The molecule has 164 valence electrons. The van der Waals surface area contributed by atoms with Gasteiger partial charge in [0.15, 0.2) is 0 Å². The van der Waals surface area contributed by atoms with Crippen molar-refractivity contribution in [1.29, 1.82) is 0 Å². The maximum absolute atomic E-state index is 12.6. The van der Waals surface area contributed by atoms with Gasteiger partial charge in [-0.3, -0.25) is 4.79 Å². The van der Waals surface area contributed by atoms with Crippen molar-refractivity contribution in [2.24, 2.45) is 11.8 Å². The number of aliphatic hydroxyl groups excluding tert-OH is 1. The summed E-state index contributed by atoms with van der Waals surface area (Å²) in [6.07, 6.45) is -0.564. The van der Waals surface area contributed by atoms with E-state index in [2.05, 4.69) is 0 Å². The third-order valence-corrected chi connectivity index (χ3v) is 5.63. The van der Waals surface area contributed by atoms with Gasteiger partial charge in [0, 0.05) is 31.3 Å². The normalized spacial score (nSPS) is 22.5. The van der Waals surface area contributed by atoms with E-state index in [9.17, 15) is 19.5 Å². The van der Waals surface area contributed by atoms with Crippen LogP contribution in [0, 0.1) is 11.8 Å². The predicted molar refractivity (Wildman–Crippen MR) is 111 cm³/mol. The minimum atomic E-state index is -0.645. The molecule has 1 aliphatic carbocycles. The van der Waals surface area contributed by atoms with Crippen LogP contribution in [0.3, 0.4) is 0 Å². The zero-order valence-corrected chi connectivity index (χ0v) is 17.3. The highest BCUT2D eigenvalue weighted by Gasteiger charge is 2.47. The second kappa shape index (κ2) is 10.7. The number of methoxy groups -OCH3 is 1. The number of esters is 3. The van der Waals surface area contributed by atoms with Crippen molar-refractivity contribution in [2.75, 3.05) is 13.7 Å². The fourth-order valence-corrected chi connectivity index (χ4v) is 4.00. The van der Waals surface area contributed by atoms with Crippen molar-refractivity contribution in [3.8, 4) is 0 Å². The Balaban J connectivity index is 1.76. The van der Waals surface area contributed by atoms with Crippen LogP contribution in [0.4, 0.5) is 0 Å². The number of carbonyl (C=O) groups excluding carboxylic acids is 3. The first-order valence-corrected chi connectivity index (χ1v) is 10.2. The average Bonchev–Trinajstić information content (AvgIpc) is 3.13. The molecule has 0 aliphatic heterocycles. The Hall–Kier alpha value is -3.19. The van der Waals surface area contributed by atoms with Crippen LogP contribution < -0.4 is 0 Å². The van der Waals surface area contributed by atoms with Crippen LogP contribution in [0.5, 0.6) is 0 Å². The molecule has 0 saturated heterocycles. The fourth-order valence-electron chi connectivity index (χ4n) is 4.00. The van der Waals surface area contributed by atoms with E-state index < -0.39 is 36.0 Å². The van der Waals surface area contributed by atoms with Crippen LogP contribution in [0.15, 0.2) is 60.7 Å². The summed E-state index contributed by atoms with van der Waals surface area (Å²) in [5.74, 6) is -2.23. The maximum Gasteiger partial charge on any atom is 0.338 e. The highest BCUT2D eigenvalue weighted by molar-refractivity contribution is 5.90. The molecule has 7 heteroatoms. The van der Waals surface area contributed by atoms with Crippen LogP contribution in [-0.2, 0) is 19.0 Å². The number of benzene rings is 2. The third-order valence-electron chi connectivity index (χ3n) is 5.63. The first-order valence-electron chi connectivity index (χ1n) is 10.2. The van der Waals surface area contributed by atoms with Gasteiger partial charge in [-0.25, -0.2) is 9.59 Å². The van der Waals surface area contributed by atoms with E-state index in [-0.39, 0.29) is 25.4 Å². The monoisotopic (exact) mass is 426 g/mol. The molecule has 0 unspecified atom stereocenters. The van der Waals surface area contributed by atoms with Crippen molar-refractivity contribution < 1.29 is 33.7 Å². The molecule has 7 nitrogen and oxygen atoms in total. The van der Waals surface area contributed by atoms with Crippen LogP contribution in [-0.4, -0.2) is 48.9 Å². The molecule has 1 N–H and O–H groups in total. The molecule has 0 spiro atoms. The summed E-state index contributed by atoms with van der Waals surface area (Å²) in [5.41, 5.74) is 0.800. The molecule has 0 bridgehead atoms. The molecule has 4 atom stereocenters. The van der Waals surface area contributed by atoms with Gasteiger partial charge >= 0.3 is 17.9 Å². The van der Waals surface area contributed by atoms with Gasteiger partial charge in [-0.05, 0) is 30.7 Å². The van der Waals surface area contributed by atoms with E-state index in [1.165, 1.54) is 7.11 Å². The van der Waals surface area contributed by atoms with E-state index >= 15 is 0 Å². The molecule has 1 saturated carbocycles. The first-order chi connectivity index (χ1) is 15.0. The number of ether oxygens (including phenoxy) is 3. The Morgan fingerprint density at radius 1 is 0.839 bits per heavy atom. The van der Waals surface area contributed by atoms with E-state index in [0.717, 1.165) is 0 Å². The number of hydrogen-bond acceptors (Lipinski definition) is 7. The maximum atomic E-state index is 12.6. The molecular formula is C24H26O7. The smallest absolute Gasteiger partial charge is 0.338 e. The van der Waals surface area contributed by atoms with Crippen molar-refractivity contribution >= 4 is 17.9 Å². The van der Waals surface area contributed by atoms with E-state index in [1.54, 1.807) is 60.7 Å². The Morgan fingerprint density at radius 2 is 1.32 bits per heavy atom. The van der Waals surface area contributed by atoms with Gasteiger partial charge in [-0.15, -0.1) is 0 Å². The predicted octanol–water partition coefficient (Wildman–Crippen LogP) is 3.02. The molecule has 0 aromatic heterocycles. The molecular weight excluding hydrogens is 400 g/mol. The number of rotatable bonds is 8. The van der Waals surface area contributed by atoms with Gasteiger partial charge < -0.3 is 19.3 Å². The second-order valence-corrected chi connectivity index (χ2v) is 7.48. The van der Waals surface area contributed by atoms with Crippen LogP contribution >= 0.6 is 0 Å². The summed E-state index contributed by atoms with van der Waals surface area (Å²) in [6, 6.07) is 17.1. The lowest BCUT2D eigenvalue weighted by atomic mass is 9.90. The van der Waals surface area contributed by atoms with Gasteiger partial charge in [-0.1, -0.05) is 36.4 Å². The summed E-state index contributed by atoms with van der Waals surface area (Å²) in [5, 5.41) is 10.0. The van der Waals surface area contributed by atoms with Gasteiger partial charge in [-0.2, -0.15) is 0 Å². The van der Waals surface area contributed by atoms with E-state index in [4.69, 9.17) is 14.2 Å². The molecule has 3 rings (SSSR count). The van der Waals surface area contributed by atoms with Gasteiger partial charge in [0.05, 0.1) is 18.2 Å². The Labute approximate surface area is 180 Å². The van der Waals surface area contributed by atoms with Crippen molar-refractivity contribution in [1.82, 2.24) is 0 Å². The molecule has 0 heterocycles. The van der Waals surface area contributed by atoms with Crippen molar-refractivity contribution in [2.45, 2.75) is 31.5 Å². The summed E-state index contributed by atoms with van der Waals surface area (Å²) in [7, 11) is 1.30. The molecule has 2 aromatic carbocycles. The SMILES string of the molecule is COC(=O)CC[C@H]1[C@@H](CO)[C@H](OC(=O)c2ccccc2)C[C@@H]1OC(=O)c1ccccc1. The summed E-state index contributed by atoms with van der Waals surface area (Å²) >= 11 is 0. The molecule has 1 fully saturated rings. The standard InChI is InChI=1S/C24H26O7/c1-29-22(26)13-12-18-19(15-25)21(31-24(28)17-10-6-3-7-11-17)14-20(18)30-23(27)16-8-4-2-5-9-16/h2-11,18-21,25H,12-15H2,1H3/t18-,19+,20-,21+/m0/s1. The molecule has 2 aromatic rings. The van der Waals surface area contributed by atoms with Crippen LogP contribution in [0.25, 0.3) is 0 Å². The van der Waals surface area contributed by atoms with E-state index in [1.807, 2.05) is 0 Å². The topological polar surface area (TPSA) is 99.1 Å². The number of hydrogen-bond donors (Lipinski definition) is 1. The molecule has 31 heavy (non-hydrogen) atoms. The fraction of sp³-hybridized carbons (Fsp3) is 0.375. The lowest BCUT2D eigenvalue weighted by Crippen LogP contribution is -2.30. The van der Waals surface area contributed by atoms with E-state index in [0.29, 0.717) is 17.5 Å². The Morgan fingerprint density at radius 3 is 1.77 bits per heavy atom. The number of aliphatic hydroxyl groups is 1. The molecule has 1 aliphatic rings. The quantitative estimate of drug-likeness (QED) is 0.512. The van der Waals surface area contributed by atoms with Crippen molar-refractivity contribution in [3.63, 3.8) is 0 Å². The number of carbonyl (C=O) groups is 3. The average molecular weight is 426 g/mol. The lowest BCUT2D eigenvalue weighted by molar-refractivity contribution is -0.141. The van der Waals surface area contributed by atoms with Crippen LogP contribution in [0.1, 0.15) is 40.0 Å². The third kappa shape index (κ3) is 5.70. The molecule has 0 radical (unpaired) electrons. The summed E-state index contributed by atoms with van der Waals surface area (Å²) in [4.78, 5) is 36.8. The first kappa shape index (κ1) is 22.5. The highest BCUT2D eigenvalue weighted by Crippen LogP contribution is 2.40. The van der Waals surface area contributed by atoms with Gasteiger partial charge in [0.25, 0.3) is 0 Å². The summed E-state index contributed by atoms with van der Waals surface area (Å²) in [6.45, 7) is -0.266. The molecule has 0 amide bonds. The van der Waals surface area contributed by atoms with Crippen LogP contribution in [0.2, 0.25) is 0 Å². The minimum absolute atomic E-state index is 0.108. The van der Waals surface area contributed by atoms with Gasteiger partial charge in [0.1, 0.15) is 12.2 Å². The Kier molecular flexibility index (Phi) is 7.78. The second-order valence-electron chi connectivity index (χ2n) is 7.48. The lowest BCUT2D eigenvalue weighted by Gasteiger charge is -2.24. The summed E-state index contributed by atoms with van der Waals surface area (Å²) < 4.78 is 16.1. The highest BCUT2D eigenvalue weighted by atomic mass is 16.6. The zero-order chi connectivity index (χ0) is 22.2.